The maximum Gasteiger partial charge on any atom is 0.220 e. The van der Waals surface area contributed by atoms with Gasteiger partial charge in [0.15, 0.2) is 0 Å². The molecule has 0 spiro atoms. The summed E-state index contributed by atoms with van der Waals surface area (Å²) in [5.41, 5.74) is 3.33. The van der Waals surface area contributed by atoms with Crippen molar-refractivity contribution < 1.29 is 9.53 Å². The maximum atomic E-state index is 12.0. The number of nitrogens with one attached hydrogen (secondary N) is 1. The highest BCUT2D eigenvalue weighted by atomic mass is 16.5. The number of carbonyl (C=O) groups is 1. The van der Waals surface area contributed by atoms with E-state index in [1.807, 2.05) is 59.5 Å². The molecule has 0 atom stereocenters. The fraction of sp³-hybridized carbons (Fsp3) is 0.273. The third-order valence-electron chi connectivity index (χ3n) is 4.42. The zero-order valence-corrected chi connectivity index (χ0v) is 15.6. The van der Waals surface area contributed by atoms with Crippen LogP contribution in [0.15, 0.2) is 67.0 Å². The minimum atomic E-state index is 0.0807. The lowest BCUT2D eigenvalue weighted by Crippen LogP contribution is -2.24. The van der Waals surface area contributed by atoms with Crippen LogP contribution >= 0.6 is 0 Å². The molecule has 2 aromatic carbocycles. The molecule has 3 rings (SSSR count). The van der Waals surface area contributed by atoms with Gasteiger partial charge in [-0.3, -0.25) is 4.79 Å². The van der Waals surface area contributed by atoms with Crippen LogP contribution < -0.4 is 10.1 Å². The summed E-state index contributed by atoms with van der Waals surface area (Å²) in [5.74, 6) is 0.944. The van der Waals surface area contributed by atoms with Crippen LogP contribution in [0.5, 0.6) is 5.75 Å². The summed E-state index contributed by atoms with van der Waals surface area (Å²) < 4.78 is 6.99. The molecule has 0 aliphatic heterocycles. The first kappa shape index (κ1) is 18.7. The van der Waals surface area contributed by atoms with Crippen LogP contribution in [-0.2, 0) is 17.6 Å². The van der Waals surface area contributed by atoms with Gasteiger partial charge in [-0.1, -0.05) is 30.3 Å². The van der Waals surface area contributed by atoms with Crippen LogP contribution in [0.25, 0.3) is 5.69 Å². The molecule has 0 unspecified atom stereocenters. The Bertz CT molecular complexity index is 842. The van der Waals surface area contributed by atoms with Gasteiger partial charge in [0.2, 0.25) is 5.91 Å². The van der Waals surface area contributed by atoms with Crippen LogP contribution in [0.4, 0.5) is 0 Å². The molecule has 0 saturated carbocycles. The van der Waals surface area contributed by atoms with Gasteiger partial charge < -0.3 is 10.1 Å². The van der Waals surface area contributed by atoms with Crippen molar-refractivity contribution in [3.63, 3.8) is 0 Å². The second-order valence-corrected chi connectivity index (χ2v) is 6.43. The Morgan fingerprint density at radius 2 is 1.81 bits per heavy atom. The fourth-order valence-corrected chi connectivity index (χ4v) is 2.87. The van der Waals surface area contributed by atoms with Gasteiger partial charge in [-0.25, -0.2) is 4.68 Å². The van der Waals surface area contributed by atoms with E-state index in [1.165, 1.54) is 5.56 Å². The molecule has 0 radical (unpaired) electrons. The predicted molar refractivity (Wildman–Crippen MR) is 106 cm³/mol. The Kier molecular flexibility index (Phi) is 6.63. The number of hydrogen-bond donors (Lipinski definition) is 1. The lowest BCUT2D eigenvalue weighted by molar-refractivity contribution is -0.121. The monoisotopic (exact) mass is 363 g/mol. The number of carbonyl (C=O) groups excluding carboxylic acids is 1. The molecule has 0 fully saturated rings. The molecule has 1 aromatic heterocycles. The van der Waals surface area contributed by atoms with Crippen LogP contribution in [0.2, 0.25) is 0 Å². The minimum Gasteiger partial charge on any atom is -0.497 e. The topological polar surface area (TPSA) is 56.1 Å². The van der Waals surface area contributed by atoms with E-state index in [-0.39, 0.29) is 5.91 Å². The van der Waals surface area contributed by atoms with Crippen LogP contribution in [-0.4, -0.2) is 29.3 Å². The smallest absolute Gasteiger partial charge is 0.220 e. The average Bonchev–Trinajstić information content (AvgIpc) is 3.20. The molecule has 5 nitrogen and oxygen atoms in total. The van der Waals surface area contributed by atoms with Crippen molar-refractivity contribution >= 4 is 5.91 Å². The molecule has 1 N–H and O–H groups in total. The van der Waals surface area contributed by atoms with Gasteiger partial charge >= 0.3 is 0 Å². The lowest BCUT2D eigenvalue weighted by atomic mass is 10.1. The van der Waals surface area contributed by atoms with E-state index in [9.17, 15) is 4.79 Å². The zero-order valence-electron chi connectivity index (χ0n) is 15.6. The highest BCUT2D eigenvalue weighted by Crippen LogP contribution is 2.12. The molecule has 0 saturated heterocycles. The highest BCUT2D eigenvalue weighted by molar-refractivity contribution is 5.76. The number of benzene rings is 2. The molecule has 1 heterocycles. The van der Waals surface area contributed by atoms with Crippen molar-refractivity contribution in [2.24, 2.45) is 0 Å². The third kappa shape index (κ3) is 5.71. The second-order valence-electron chi connectivity index (χ2n) is 6.43. The van der Waals surface area contributed by atoms with Gasteiger partial charge in [-0.05, 0) is 54.7 Å². The highest BCUT2D eigenvalue weighted by Gasteiger charge is 2.05. The summed E-state index contributed by atoms with van der Waals surface area (Å²) >= 11 is 0. The van der Waals surface area contributed by atoms with E-state index in [1.54, 1.807) is 7.11 Å². The molecule has 0 bridgehead atoms. The Labute approximate surface area is 160 Å². The molecule has 140 valence electrons. The zero-order chi connectivity index (χ0) is 18.9. The first-order chi connectivity index (χ1) is 13.2. The van der Waals surface area contributed by atoms with Gasteiger partial charge in [0.25, 0.3) is 0 Å². The summed E-state index contributed by atoms with van der Waals surface area (Å²) in [4.78, 5) is 12.0. The Hall–Kier alpha value is -3.08. The molecular formula is C22H25N3O2. The average molecular weight is 363 g/mol. The summed E-state index contributed by atoms with van der Waals surface area (Å²) in [5, 5.41) is 7.36. The third-order valence-corrected chi connectivity index (χ3v) is 4.42. The van der Waals surface area contributed by atoms with E-state index in [0.717, 1.165) is 29.8 Å². The summed E-state index contributed by atoms with van der Waals surface area (Å²) in [6.07, 6.45) is 6.83. The normalized spacial score (nSPS) is 10.6. The summed E-state index contributed by atoms with van der Waals surface area (Å²) in [7, 11) is 1.66. The number of aryl methyl sites for hydroxylation is 2. The summed E-state index contributed by atoms with van der Waals surface area (Å²) in [6, 6.07) is 18.0. The number of hydrogen-bond acceptors (Lipinski definition) is 3. The lowest BCUT2D eigenvalue weighted by Gasteiger charge is -2.06. The largest absolute Gasteiger partial charge is 0.497 e. The fourth-order valence-electron chi connectivity index (χ4n) is 2.87. The number of aromatic nitrogens is 2. The first-order valence-corrected chi connectivity index (χ1v) is 9.23. The number of amides is 1. The Balaban J connectivity index is 1.35. The number of para-hydroxylation sites is 1. The van der Waals surface area contributed by atoms with Crippen LogP contribution in [0.1, 0.15) is 24.0 Å². The number of ether oxygens (including phenoxy) is 1. The number of rotatable bonds is 9. The van der Waals surface area contributed by atoms with Crippen molar-refractivity contribution in [1.82, 2.24) is 15.1 Å². The van der Waals surface area contributed by atoms with Crippen LogP contribution in [0.3, 0.4) is 0 Å². The van der Waals surface area contributed by atoms with Crippen LogP contribution in [0, 0.1) is 0 Å². The van der Waals surface area contributed by atoms with E-state index in [2.05, 4.69) is 22.5 Å². The molecule has 27 heavy (non-hydrogen) atoms. The van der Waals surface area contributed by atoms with Crippen molar-refractivity contribution in [3.05, 3.63) is 78.1 Å². The van der Waals surface area contributed by atoms with E-state index in [4.69, 9.17) is 4.74 Å². The van der Waals surface area contributed by atoms with Gasteiger partial charge in [0.05, 0.1) is 19.0 Å². The van der Waals surface area contributed by atoms with E-state index in [0.29, 0.717) is 19.4 Å². The molecule has 3 aromatic rings. The van der Waals surface area contributed by atoms with Crippen molar-refractivity contribution in [3.8, 4) is 11.4 Å². The summed E-state index contributed by atoms with van der Waals surface area (Å²) in [6.45, 7) is 0.689. The molecular weight excluding hydrogens is 338 g/mol. The Morgan fingerprint density at radius 3 is 2.56 bits per heavy atom. The SMILES string of the molecule is COc1ccc(CCCNC(=O)CCc2cnn(-c3ccccc3)c2)cc1. The quantitative estimate of drug-likeness (QED) is 0.592. The maximum absolute atomic E-state index is 12.0. The number of methoxy groups -OCH3 is 1. The predicted octanol–water partition coefficient (Wildman–Crippen LogP) is 3.56. The van der Waals surface area contributed by atoms with Gasteiger partial charge in [-0.15, -0.1) is 0 Å². The second kappa shape index (κ2) is 9.57. The van der Waals surface area contributed by atoms with Crippen molar-refractivity contribution in [2.45, 2.75) is 25.7 Å². The van der Waals surface area contributed by atoms with Crippen molar-refractivity contribution in [1.29, 1.82) is 0 Å². The van der Waals surface area contributed by atoms with Gasteiger partial charge in [0.1, 0.15) is 5.75 Å². The standard InChI is InChI=1S/C22H25N3O2/c1-27-21-12-9-18(10-13-21)6-5-15-23-22(26)14-11-19-16-24-25(17-19)20-7-3-2-4-8-20/h2-4,7-10,12-13,16-17H,5-6,11,14-15H2,1H3,(H,23,26). The van der Waals surface area contributed by atoms with E-state index < -0.39 is 0 Å². The molecule has 1 amide bonds. The van der Waals surface area contributed by atoms with Gasteiger partial charge in [-0.2, -0.15) is 5.10 Å². The van der Waals surface area contributed by atoms with E-state index >= 15 is 0 Å². The first-order valence-electron chi connectivity index (χ1n) is 9.23. The van der Waals surface area contributed by atoms with Gasteiger partial charge in [0, 0.05) is 19.2 Å². The number of nitrogens with zero attached hydrogens (tertiary/aromatic N) is 2. The molecule has 0 aliphatic rings. The molecule has 5 heteroatoms. The minimum absolute atomic E-state index is 0.0807. The molecule has 0 aliphatic carbocycles. The Morgan fingerprint density at radius 1 is 1.04 bits per heavy atom. The van der Waals surface area contributed by atoms with Crippen molar-refractivity contribution in [2.75, 3.05) is 13.7 Å².